The van der Waals surface area contributed by atoms with E-state index in [4.69, 9.17) is 30.1 Å². The van der Waals surface area contributed by atoms with Crippen molar-refractivity contribution in [1.29, 1.82) is 0 Å². The van der Waals surface area contributed by atoms with Crippen LogP contribution in [0.2, 0.25) is 0 Å². The van der Waals surface area contributed by atoms with Crippen molar-refractivity contribution in [2.75, 3.05) is 0 Å². The second-order valence-electron chi connectivity index (χ2n) is 2.98. The van der Waals surface area contributed by atoms with Gasteiger partial charge in [0.25, 0.3) is 0 Å². The highest BCUT2D eigenvalue weighted by Crippen LogP contribution is 2.17. The lowest BCUT2D eigenvalue weighted by Crippen LogP contribution is -1.73. The van der Waals surface area contributed by atoms with Gasteiger partial charge in [-0.05, 0) is 11.1 Å². The fourth-order valence-electron chi connectivity index (χ4n) is 1.26. The molecule has 0 bridgehead atoms. The maximum Gasteiger partial charge on any atom is 0.643 e. The molecule has 0 aliphatic carbocycles. The maximum absolute atomic E-state index is 4.94. The first kappa shape index (κ1) is 13.9. The van der Waals surface area contributed by atoms with Gasteiger partial charge in [0.1, 0.15) is 0 Å². The van der Waals surface area contributed by atoms with Crippen molar-refractivity contribution in [3.8, 4) is 11.1 Å². The summed E-state index contributed by atoms with van der Waals surface area (Å²) in [6.45, 7) is 0. The minimum absolute atomic E-state index is 1.28. The van der Waals surface area contributed by atoms with E-state index < -0.39 is 11.4 Å². The standard InChI is InChI=1S/C12H10.Al.3ClH/c1-3-7-11(8-4-1)12-9-5-2-6-10-12;;;;/h1-10H;;3*1H/q;+3;;;/p-3. The first-order valence-electron chi connectivity index (χ1n) is 4.73. The Kier molecular flexibility index (Phi) is 6.96. The summed E-state index contributed by atoms with van der Waals surface area (Å²) < 4.78 is 0. The molecule has 0 nitrogen and oxygen atoms in total. The molecule has 2 rings (SSSR count). The van der Waals surface area contributed by atoms with E-state index in [-0.39, 0.29) is 0 Å². The molecule has 2 aromatic rings. The van der Waals surface area contributed by atoms with E-state index >= 15 is 0 Å². The Labute approximate surface area is 113 Å². The molecule has 0 unspecified atom stereocenters. The van der Waals surface area contributed by atoms with Crippen molar-refractivity contribution in [3.63, 3.8) is 0 Å². The van der Waals surface area contributed by atoms with Gasteiger partial charge in [-0.2, -0.15) is 0 Å². The minimum atomic E-state index is -1.72. The average molecular weight is 288 g/mol. The van der Waals surface area contributed by atoms with Crippen LogP contribution in [0.5, 0.6) is 0 Å². The molecule has 0 aliphatic heterocycles. The van der Waals surface area contributed by atoms with Crippen LogP contribution in [0.1, 0.15) is 0 Å². The molecule has 0 heterocycles. The van der Waals surface area contributed by atoms with Gasteiger partial charge in [0.2, 0.25) is 0 Å². The monoisotopic (exact) mass is 286 g/mol. The van der Waals surface area contributed by atoms with Crippen LogP contribution in [0.25, 0.3) is 11.1 Å². The van der Waals surface area contributed by atoms with Crippen molar-refractivity contribution in [3.05, 3.63) is 60.7 Å². The molecule has 0 amide bonds. The van der Waals surface area contributed by atoms with Gasteiger partial charge < -0.3 is 0 Å². The zero-order valence-corrected chi connectivity index (χ0v) is 11.9. The predicted molar refractivity (Wildman–Crippen MR) is 75.2 cm³/mol. The normalized spacial score (nSPS) is 8.94. The molecule has 82 valence electrons. The summed E-state index contributed by atoms with van der Waals surface area (Å²) in [5.41, 5.74) is 2.55. The van der Waals surface area contributed by atoms with Crippen molar-refractivity contribution >= 4 is 41.5 Å². The van der Waals surface area contributed by atoms with Crippen LogP contribution >= 0.6 is 30.1 Å². The lowest BCUT2D eigenvalue weighted by Gasteiger charge is -1.98. The van der Waals surface area contributed by atoms with Crippen LogP contribution in [0, 0.1) is 0 Å². The largest absolute Gasteiger partial charge is 0.643 e. The summed E-state index contributed by atoms with van der Waals surface area (Å²) >= 11 is -1.72. The van der Waals surface area contributed by atoms with Crippen molar-refractivity contribution in [1.82, 2.24) is 0 Å². The van der Waals surface area contributed by atoms with Crippen LogP contribution in [-0.2, 0) is 0 Å². The van der Waals surface area contributed by atoms with Gasteiger partial charge in [0.15, 0.2) is 0 Å². The summed E-state index contributed by atoms with van der Waals surface area (Å²) in [6, 6.07) is 20.8. The number of hydrogen-bond acceptors (Lipinski definition) is 0. The molecule has 0 aliphatic rings. The summed E-state index contributed by atoms with van der Waals surface area (Å²) in [4.78, 5) is 0. The zero-order valence-electron chi connectivity index (χ0n) is 8.48. The molecule has 0 atom stereocenters. The third-order valence-corrected chi connectivity index (χ3v) is 1.88. The van der Waals surface area contributed by atoms with Crippen molar-refractivity contribution in [2.45, 2.75) is 0 Å². The third kappa shape index (κ3) is 5.80. The lowest BCUT2D eigenvalue weighted by molar-refractivity contribution is 1.62. The molecule has 16 heavy (non-hydrogen) atoms. The van der Waals surface area contributed by atoms with Crippen LogP contribution in [-0.4, -0.2) is 11.4 Å². The Bertz CT molecular complexity index is 349. The van der Waals surface area contributed by atoms with E-state index in [1.54, 1.807) is 0 Å². The zero-order chi connectivity index (χ0) is 11.8. The van der Waals surface area contributed by atoms with Crippen molar-refractivity contribution in [2.24, 2.45) is 0 Å². The molecular formula is C12H10AlCl3. The minimum Gasteiger partial charge on any atom is -0.214 e. The third-order valence-electron chi connectivity index (χ3n) is 1.88. The highest BCUT2D eigenvalue weighted by molar-refractivity contribution is 7.54. The highest BCUT2D eigenvalue weighted by Gasteiger charge is 2.00. The Morgan fingerprint density at radius 2 is 0.812 bits per heavy atom. The highest BCUT2D eigenvalue weighted by atomic mass is 35.8. The molecule has 2 aromatic carbocycles. The molecule has 0 radical (unpaired) electrons. The fraction of sp³-hybridized carbons (Fsp3) is 0. The van der Waals surface area contributed by atoms with Gasteiger partial charge >= 0.3 is 11.4 Å². The van der Waals surface area contributed by atoms with E-state index in [1.807, 2.05) is 12.1 Å². The molecule has 0 spiro atoms. The van der Waals surface area contributed by atoms with Gasteiger partial charge in [-0.15, -0.1) is 0 Å². The first-order chi connectivity index (χ1) is 7.70. The van der Waals surface area contributed by atoms with Crippen LogP contribution in [0.15, 0.2) is 60.7 Å². The van der Waals surface area contributed by atoms with E-state index in [9.17, 15) is 0 Å². The Morgan fingerprint density at radius 1 is 0.562 bits per heavy atom. The van der Waals surface area contributed by atoms with E-state index in [1.165, 1.54) is 11.1 Å². The molecule has 0 aromatic heterocycles. The second-order valence-corrected chi connectivity index (χ2v) is 9.41. The molecule has 0 saturated carbocycles. The fourth-order valence-corrected chi connectivity index (χ4v) is 1.26. The van der Waals surface area contributed by atoms with Gasteiger partial charge in [-0.1, -0.05) is 60.7 Å². The predicted octanol–water partition coefficient (Wildman–Crippen LogP) is 5.04. The molecule has 4 heteroatoms. The Balaban J connectivity index is 0.000000280. The average Bonchev–Trinajstić information content (AvgIpc) is 2.31. The SMILES string of the molecule is [Cl][Al]([Cl])[Cl].c1ccc(-c2ccccc2)cc1. The quantitative estimate of drug-likeness (QED) is 0.645. The van der Waals surface area contributed by atoms with E-state index in [0.29, 0.717) is 0 Å². The first-order valence-corrected chi connectivity index (χ1v) is 9.96. The summed E-state index contributed by atoms with van der Waals surface area (Å²) in [5.74, 6) is 0. The van der Waals surface area contributed by atoms with Gasteiger partial charge in [-0.3, -0.25) is 0 Å². The van der Waals surface area contributed by atoms with Gasteiger partial charge in [-0.25, -0.2) is 30.1 Å². The second kappa shape index (κ2) is 8.01. The smallest absolute Gasteiger partial charge is 0.214 e. The number of halogens is 3. The summed E-state index contributed by atoms with van der Waals surface area (Å²) in [7, 11) is 14.8. The topological polar surface area (TPSA) is 0 Å². The number of benzene rings is 2. The maximum atomic E-state index is 4.94. The van der Waals surface area contributed by atoms with Gasteiger partial charge in [0.05, 0.1) is 0 Å². The number of rotatable bonds is 1. The van der Waals surface area contributed by atoms with Gasteiger partial charge in [0, 0.05) is 0 Å². The van der Waals surface area contributed by atoms with Crippen LogP contribution in [0.4, 0.5) is 0 Å². The van der Waals surface area contributed by atoms with E-state index in [2.05, 4.69) is 48.5 Å². The molecular weight excluding hydrogens is 277 g/mol. The molecule has 0 saturated heterocycles. The summed E-state index contributed by atoms with van der Waals surface area (Å²) in [6.07, 6.45) is 0. The lowest BCUT2D eigenvalue weighted by atomic mass is 10.1. The van der Waals surface area contributed by atoms with E-state index in [0.717, 1.165) is 0 Å². The molecule has 0 fully saturated rings. The van der Waals surface area contributed by atoms with Crippen LogP contribution in [0.3, 0.4) is 0 Å². The summed E-state index contributed by atoms with van der Waals surface area (Å²) in [5, 5.41) is 0. The number of hydrogen-bond donors (Lipinski definition) is 0. The Morgan fingerprint density at radius 3 is 1.06 bits per heavy atom. The molecule has 0 N–H and O–H groups in total. The van der Waals surface area contributed by atoms with Crippen molar-refractivity contribution < 1.29 is 0 Å². The Hall–Kier alpha value is -0.158. The van der Waals surface area contributed by atoms with Crippen LogP contribution < -0.4 is 0 Å².